The molecule has 1 fully saturated rings. The van der Waals surface area contributed by atoms with E-state index in [4.69, 9.17) is 23.7 Å². The van der Waals surface area contributed by atoms with Crippen LogP contribution in [0.2, 0.25) is 0 Å². The van der Waals surface area contributed by atoms with E-state index in [1.165, 1.54) is 33.5 Å². The number of benzene rings is 3. The van der Waals surface area contributed by atoms with Crippen molar-refractivity contribution in [2.24, 2.45) is 5.92 Å². The summed E-state index contributed by atoms with van der Waals surface area (Å²) in [4.78, 5) is 0. The molecule has 10 heteroatoms. The summed E-state index contributed by atoms with van der Waals surface area (Å²) in [5.74, 6) is 0.331. The van der Waals surface area contributed by atoms with E-state index in [0.717, 1.165) is 0 Å². The number of fused-ring (bicyclic) bond motifs is 1. The Bertz CT molecular complexity index is 1370. The monoisotopic (exact) mass is 554 g/mol. The van der Waals surface area contributed by atoms with Gasteiger partial charge in [-0.1, -0.05) is 12.1 Å². The lowest BCUT2D eigenvalue weighted by Crippen LogP contribution is -2.41. The Kier molecular flexibility index (Phi) is 7.70. The van der Waals surface area contributed by atoms with Gasteiger partial charge in [-0.25, -0.2) is 0 Å². The number of aliphatic hydroxyl groups is 3. The van der Waals surface area contributed by atoms with Gasteiger partial charge in [0.25, 0.3) is 0 Å². The van der Waals surface area contributed by atoms with E-state index < -0.39 is 29.6 Å². The molecule has 0 saturated carbocycles. The van der Waals surface area contributed by atoms with E-state index in [2.05, 4.69) is 0 Å². The Morgan fingerprint density at radius 1 is 0.800 bits per heavy atom. The van der Waals surface area contributed by atoms with Crippen LogP contribution in [0.25, 0.3) is 0 Å². The van der Waals surface area contributed by atoms with Crippen molar-refractivity contribution in [3.63, 3.8) is 0 Å². The lowest BCUT2D eigenvalue weighted by atomic mass is 9.79. The van der Waals surface area contributed by atoms with Gasteiger partial charge in [0.2, 0.25) is 0 Å². The normalized spacial score (nSPS) is 25.4. The lowest BCUT2D eigenvalue weighted by Gasteiger charge is -2.30. The fourth-order valence-corrected chi connectivity index (χ4v) is 5.80. The topological polar surface area (TPSA) is 147 Å². The van der Waals surface area contributed by atoms with Gasteiger partial charge in [0.1, 0.15) is 6.10 Å². The molecule has 5 rings (SSSR count). The standard InChI is InChI=1S/C30H34O10/c1-36-24-8-16(4-6-22(24)33)12-30(35)15-39-28(21(30)14-32)18-9-19-20(13-31)27(40-29(19)26(11-18)38-3)17-5-7-23(34)25(10-17)37-2/h4-11,20-21,27-28,31-35H,12-15H2,1-3H3/t20-,21+,27-,28-,30+/m0/s1. The molecule has 5 N–H and O–H groups in total. The summed E-state index contributed by atoms with van der Waals surface area (Å²) in [5.41, 5.74) is 1.39. The minimum absolute atomic E-state index is 0.00570. The summed E-state index contributed by atoms with van der Waals surface area (Å²) in [5, 5.41) is 52.4. The second-order valence-electron chi connectivity index (χ2n) is 10.2. The van der Waals surface area contributed by atoms with Crippen molar-refractivity contribution in [1.82, 2.24) is 0 Å². The van der Waals surface area contributed by atoms with E-state index in [-0.39, 0.29) is 49.2 Å². The van der Waals surface area contributed by atoms with E-state index in [9.17, 15) is 25.5 Å². The van der Waals surface area contributed by atoms with Gasteiger partial charge in [-0.05, 0) is 53.1 Å². The van der Waals surface area contributed by atoms with Crippen LogP contribution < -0.4 is 18.9 Å². The Labute approximate surface area is 231 Å². The van der Waals surface area contributed by atoms with Gasteiger partial charge >= 0.3 is 0 Å². The molecule has 2 heterocycles. The predicted molar refractivity (Wildman–Crippen MR) is 143 cm³/mol. The van der Waals surface area contributed by atoms with E-state index in [1.54, 1.807) is 30.3 Å². The van der Waals surface area contributed by atoms with Crippen molar-refractivity contribution in [2.75, 3.05) is 41.2 Å². The molecule has 0 aliphatic carbocycles. The van der Waals surface area contributed by atoms with Crippen LogP contribution in [0.4, 0.5) is 0 Å². The second-order valence-corrected chi connectivity index (χ2v) is 10.2. The highest BCUT2D eigenvalue weighted by molar-refractivity contribution is 5.56. The molecule has 5 atom stereocenters. The van der Waals surface area contributed by atoms with Gasteiger partial charge < -0.3 is 49.2 Å². The van der Waals surface area contributed by atoms with Crippen LogP contribution >= 0.6 is 0 Å². The largest absolute Gasteiger partial charge is 0.504 e. The summed E-state index contributed by atoms with van der Waals surface area (Å²) in [6.07, 6.45) is -1.07. The Balaban J connectivity index is 1.47. The summed E-state index contributed by atoms with van der Waals surface area (Å²) >= 11 is 0. The summed E-state index contributed by atoms with van der Waals surface area (Å²) in [7, 11) is 4.42. The number of rotatable bonds is 9. The van der Waals surface area contributed by atoms with E-state index in [1.807, 2.05) is 6.07 Å². The van der Waals surface area contributed by atoms with Crippen molar-refractivity contribution in [1.29, 1.82) is 0 Å². The number of hydrogen-bond acceptors (Lipinski definition) is 10. The van der Waals surface area contributed by atoms with Crippen molar-refractivity contribution in [3.8, 4) is 34.5 Å². The Morgan fingerprint density at radius 3 is 2.10 bits per heavy atom. The molecule has 10 nitrogen and oxygen atoms in total. The zero-order chi connectivity index (χ0) is 28.6. The fourth-order valence-electron chi connectivity index (χ4n) is 5.80. The van der Waals surface area contributed by atoms with Gasteiger partial charge in [-0.2, -0.15) is 0 Å². The van der Waals surface area contributed by atoms with Gasteiger partial charge in [-0.3, -0.25) is 0 Å². The Hall–Kier alpha value is -3.70. The van der Waals surface area contributed by atoms with Crippen LogP contribution in [-0.4, -0.2) is 72.3 Å². The van der Waals surface area contributed by atoms with Crippen LogP contribution in [0.15, 0.2) is 48.5 Å². The fraction of sp³-hybridized carbons (Fsp3) is 0.400. The van der Waals surface area contributed by atoms with E-state index >= 15 is 0 Å². The average Bonchev–Trinajstić information content (AvgIpc) is 3.50. The number of methoxy groups -OCH3 is 3. The first-order valence-corrected chi connectivity index (χ1v) is 12.9. The smallest absolute Gasteiger partial charge is 0.165 e. The van der Waals surface area contributed by atoms with Gasteiger partial charge in [0.05, 0.1) is 58.8 Å². The second kappa shape index (κ2) is 11.1. The first-order valence-electron chi connectivity index (χ1n) is 12.9. The van der Waals surface area contributed by atoms with Crippen LogP contribution in [-0.2, 0) is 11.2 Å². The molecule has 0 radical (unpaired) electrons. The molecule has 3 aromatic rings. The SMILES string of the molecule is COc1cc(C[C@@]2(O)CO[C@@H](c3cc(OC)c4c(c3)[C@H](CO)[C@H](c3ccc(O)c(OC)c3)O4)[C@H]2CO)ccc1O. The van der Waals surface area contributed by atoms with Crippen molar-refractivity contribution < 1.29 is 49.2 Å². The third-order valence-corrected chi connectivity index (χ3v) is 7.91. The van der Waals surface area contributed by atoms with Crippen molar-refractivity contribution in [2.45, 2.75) is 30.1 Å². The van der Waals surface area contributed by atoms with Crippen LogP contribution in [0, 0.1) is 5.92 Å². The number of aliphatic hydroxyl groups excluding tert-OH is 2. The van der Waals surface area contributed by atoms with Gasteiger partial charge in [-0.15, -0.1) is 0 Å². The van der Waals surface area contributed by atoms with Crippen molar-refractivity contribution >= 4 is 0 Å². The minimum atomic E-state index is -1.40. The summed E-state index contributed by atoms with van der Waals surface area (Å²) in [6, 6.07) is 13.4. The molecule has 3 aromatic carbocycles. The third kappa shape index (κ3) is 4.77. The zero-order valence-electron chi connectivity index (χ0n) is 22.5. The number of hydrogen-bond donors (Lipinski definition) is 5. The highest BCUT2D eigenvalue weighted by atomic mass is 16.5. The van der Waals surface area contributed by atoms with Crippen LogP contribution in [0.3, 0.4) is 0 Å². The quantitative estimate of drug-likeness (QED) is 0.267. The summed E-state index contributed by atoms with van der Waals surface area (Å²) < 4.78 is 28.5. The minimum Gasteiger partial charge on any atom is -0.504 e. The van der Waals surface area contributed by atoms with Crippen LogP contribution in [0.5, 0.6) is 34.5 Å². The number of aromatic hydroxyl groups is 2. The first-order chi connectivity index (χ1) is 19.3. The predicted octanol–water partition coefficient (Wildman–Crippen LogP) is 2.99. The molecular weight excluding hydrogens is 520 g/mol. The molecule has 0 spiro atoms. The lowest BCUT2D eigenvalue weighted by molar-refractivity contribution is -0.0150. The highest BCUT2D eigenvalue weighted by Crippen LogP contribution is 2.53. The number of phenolic OH excluding ortho intramolecular Hbond substituents is 2. The Morgan fingerprint density at radius 2 is 1.45 bits per heavy atom. The first kappa shape index (κ1) is 27.9. The third-order valence-electron chi connectivity index (χ3n) is 7.91. The average molecular weight is 555 g/mol. The number of phenols is 2. The molecular formula is C30H34O10. The molecule has 1 saturated heterocycles. The molecule has 40 heavy (non-hydrogen) atoms. The molecule has 2 aliphatic heterocycles. The molecule has 0 amide bonds. The van der Waals surface area contributed by atoms with Gasteiger partial charge in [0, 0.05) is 17.9 Å². The maximum absolute atomic E-state index is 11.6. The van der Waals surface area contributed by atoms with E-state index in [0.29, 0.717) is 33.8 Å². The molecule has 2 aliphatic rings. The summed E-state index contributed by atoms with van der Waals surface area (Å²) in [6.45, 7) is -0.595. The zero-order valence-corrected chi connectivity index (χ0v) is 22.5. The maximum atomic E-state index is 11.6. The molecule has 0 bridgehead atoms. The maximum Gasteiger partial charge on any atom is 0.165 e. The molecule has 214 valence electrons. The molecule has 0 aromatic heterocycles. The van der Waals surface area contributed by atoms with Gasteiger partial charge in [0.15, 0.2) is 34.5 Å². The van der Waals surface area contributed by atoms with Crippen LogP contribution in [0.1, 0.15) is 40.4 Å². The molecule has 0 unspecified atom stereocenters. The number of ether oxygens (including phenoxy) is 5. The highest BCUT2D eigenvalue weighted by Gasteiger charge is 2.50. The van der Waals surface area contributed by atoms with Crippen molar-refractivity contribution in [3.05, 3.63) is 70.8 Å².